The molecule has 2 heterocycles. The monoisotopic (exact) mass is 239 g/mol. The zero-order valence-electron chi connectivity index (χ0n) is 9.82. The summed E-state index contributed by atoms with van der Waals surface area (Å²) < 4.78 is 1.87. The Labute approximate surface area is 104 Å². The van der Waals surface area contributed by atoms with Gasteiger partial charge in [0.25, 0.3) is 5.78 Å². The summed E-state index contributed by atoms with van der Waals surface area (Å²) in [6.07, 6.45) is 4.51. The highest BCUT2D eigenvalue weighted by molar-refractivity contribution is 5.58. The molecule has 0 bridgehead atoms. The number of rotatable bonds is 3. The quantitative estimate of drug-likeness (QED) is 0.747. The molecule has 3 aromatic rings. The zero-order valence-corrected chi connectivity index (χ0v) is 9.82. The Balaban J connectivity index is 2.03. The van der Waals surface area contributed by atoms with Crippen molar-refractivity contribution in [1.29, 1.82) is 0 Å². The fraction of sp³-hybridized carbons (Fsp3) is 0.154. The first-order chi connectivity index (χ1) is 8.88. The fourth-order valence-electron chi connectivity index (χ4n) is 1.93. The maximum absolute atomic E-state index is 5.53. The van der Waals surface area contributed by atoms with Gasteiger partial charge in [0, 0.05) is 18.0 Å². The maximum atomic E-state index is 5.53. The molecular weight excluding hydrogens is 226 g/mol. The largest absolute Gasteiger partial charge is 0.330 e. The number of fused-ring (bicyclic) bond motifs is 1. The number of hydrogen-bond donors (Lipinski definition) is 1. The van der Waals surface area contributed by atoms with Crippen molar-refractivity contribution in [2.45, 2.75) is 6.42 Å². The minimum Gasteiger partial charge on any atom is -0.330 e. The number of benzene rings is 1. The van der Waals surface area contributed by atoms with Crippen molar-refractivity contribution in [1.82, 2.24) is 19.6 Å². The second-order valence-electron chi connectivity index (χ2n) is 4.05. The molecule has 90 valence electrons. The third-order valence-electron chi connectivity index (χ3n) is 2.83. The molecule has 0 aliphatic carbocycles. The number of hydrogen-bond acceptors (Lipinski definition) is 4. The Morgan fingerprint density at radius 3 is 2.72 bits per heavy atom. The van der Waals surface area contributed by atoms with Gasteiger partial charge in [-0.1, -0.05) is 24.3 Å². The Morgan fingerprint density at radius 1 is 1.11 bits per heavy atom. The molecular formula is C13H13N5. The van der Waals surface area contributed by atoms with E-state index in [0.29, 0.717) is 12.3 Å². The molecule has 0 atom stereocenters. The molecule has 0 aliphatic rings. The van der Waals surface area contributed by atoms with E-state index in [1.807, 2.05) is 28.8 Å². The summed E-state index contributed by atoms with van der Waals surface area (Å²) in [6, 6.07) is 10.1. The van der Waals surface area contributed by atoms with Crippen molar-refractivity contribution in [2.75, 3.05) is 6.54 Å². The summed E-state index contributed by atoms with van der Waals surface area (Å²) in [7, 11) is 0. The van der Waals surface area contributed by atoms with E-state index in [1.54, 1.807) is 6.20 Å². The third-order valence-corrected chi connectivity index (χ3v) is 2.83. The zero-order chi connectivity index (χ0) is 12.4. The molecule has 18 heavy (non-hydrogen) atoms. The van der Waals surface area contributed by atoms with Crippen LogP contribution in [0.15, 0.2) is 42.7 Å². The third kappa shape index (κ3) is 1.84. The van der Waals surface area contributed by atoms with Crippen LogP contribution in [0.2, 0.25) is 0 Å². The molecule has 0 amide bonds. The van der Waals surface area contributed by atoms with E-state index in [0.717, 1.165) is 17.8 Å². The molecule has 1 aromatic carbocycles. The molecule has 2 aromatic heterocycles. The summed E-state index contributed by atoms with van der Waals surface area (Å²) >= 11 is 0. The SMILES string of the molecule is NCCc1ccc(-c2nnc3ncccn23)cc1. The molecule has 0 radical (unpaired) electrons. The Hall–Kier alpha value is -2.27. The summed E-state index contributed by atoms with van der Waals surface area (Å²) in [5.41, 5.74) is 7.79. The van der Waals surface area contributed by atoms with E-state index in [1.165, 1.54) is 5.56 Å². The first-order valence-corrected chi connectivity index (χ1v) is 5.83. The molecule has 5 heteroatoms. The van der Waals surface area contributed by atoms with Gasteiger partial charge < -0.3 is 5.73 Å². The van der Waals surface area contributed by atoms with Crippen LogP contribution in [-0.2, 0) is 6.42 Å². The van der Waals surface area contributed by atoms with Gasteiger partial charge in [-0.05, 0) is 24.6 Å². The van der Waals surface area contributed by atoms with E-state index >= 15 is 0 Å². The number of nitrogens with two attached hydrogens (primary N) is 1. The highest BCUT2D eigenvalue weighted by Crippen LogP contribution is 2.18. The second kappa shape index (κ2) is 4.54. The first kappa shape index (κ1) is 10.9. The van der Waals surface area contributed by atoms with Gasteiger partial charge >= 0.3 is 0 Å². The van der Waals surface area contributed by atoms with Crippen LogP contribution in [0.1, 0.15) is 5.56 Å². The van der Waals surface area contributed by atoms with Crippen LogP contribution in [0.4, 0.5) is 0 Å². The van der Waals surface area contributed by atoms with E-state index in [4.69, 9.17) is 5.73 Å². The molecule has 0 saturated heterocycles. The lowest BCUT2D eigenvalue weighted by molar-refractivity contribution is 0.968. The maximum Gasteiger partial charge on any atom is 0.255 e. The predicted molar refractivity (Wildman–Crippen MR) is 69.0 cm³/mol. The van der Waals surface area contributed by atoms with E-state index in [2.05, 4.69) is 27.3 Å². The molecule has 0 spiro atoms. The van der Waals surface area contributed by atoms with Crippen LogP contribution in [0.3, 0.4) is 0 Å². The van der Waals surface area contributed by atoms with Crippen molar-refractivity contribution in [3.05, 3.63) is 48.3 Å². The van der Waals surface area contributed by atoms with Crippen LogP contribution >= 0.6 is 0 Å². The summed E-state index contributed by atoms with van der Waals surface area (Å²) in [6.45, 7) is 0.664. The molecule has 0 saturated carbocycles. The van der Waals surface area contributed by atoms with Gasteiger partial charge in [-0.15, -0.1) is 10.2 Å². The lowest BCUT2D eigenvalue weighted by Gasteiger charge is -2.01. The highest BCUT2D eigenvalue weighted by Gasteiger charge is 2.07. The van der Waals surface area contributed by atoms with Gasteiger partial charge in [0.05, 0.1) is 0 Å². The van der Waals surface area contributed by atoms with Gasteiger partial charge in [-0.2, -0.15) is 0 Å². The second-order valence-corrected chi connectivity index (χ2v) is 4.05. The minimum atomic E-state index is 0.610. The van der Waals surface area contributed by atoms with Crippen LogP contribution in [0.5, 0.6) is 0 Å². The lowest BCUT2D eigenvalue weighted by Crippen LogP contribution is -2.02. The Morgan fingerprint density at radius 2 is 1.94 bits per heavy atom. The summed E-state index contributed by atoms with van der Waals surface area (Å²) in [4.78, 5) is 4.15. The van der Waals surface area contributed by atoms with Gasteiger partial charge in [-0.25, -0.2) is 4.98 Å². The highest BCUT2D eigenvalue weighted by atomic mass is 15.3. The topological polar surface area (TPSA) is 69.1 Å². The van der Waals surface area contributed by atoms with Crippen molar-refractivity contribution in [2.24, 2.45) is 5.73 Å². The van der Waals surface area contributed by atoms with Crippen LogP contribution in [-0.4, -0.2) is 26.1 Å². The first-order valence-electron chi connectivity index (χ1n) is 5.83. The number of nitrogens with zero attached hydrogens (tertiary/aromatic N) is 4. The molecule has 3 rings (SSSR count). The van der Waals surface area contributed by atoms with Gasteiger partial charge in [0.2, 0.25) is 0 Å². The summed E-state index contributed by atoms with van der Waals surface area (Å²) in [5.74, 6) is 1.41. The van der Waals surface area contributed by atoms with Crippen molar-refractivity contribution in [3.8, 4) is 11.4 Å². The molecule has 0 aliphatic heterocycles. The minimum absolute atomic E-state index is 0.610. The smallest absolute Gasteiger partial charge is 0.255 e. The number of aromatic nitrogens is 4. The van der Waals surface area contributed by atoms with E-state index in [-0.39, 0.29) is 0 Å². The van der Waals surface area contributed by atoms with E-state index in [9.17, 15) is 0 Å². The Kier molecular flexibility index (Phi) is 2.74. The molecule has 0 fully saturated rings. The van der Waals surface area contributed by atoms with Crippen molar-refractivity contribution >= 4 is 5.78 Å². The molecule has 0 unspecified atom stereocenters. The average Bonchev–Trinajstić information content (AvgIpc) is 2.84. The van der Waals surface area contributed by atoms with Gasteiger partial charge in [0.1, 0.15) is 0 Å². The molecule has 2 N–H and O–H groups in total. The van der Waals surface area contributed by atoms with E-state index < -0.39 is 0 Å². The van der Waals surface area contributed by atoms with Crippen molar-refractivity contribution < 1.29 is 0 Å². The predicted octanol–water partition coefficient (Wildman–Crippen LogP) is 1.29. The van der Waals surface area contributed by atoms with Crippen LogP contribution < -0.4 is 5.73 Å². The molecule has 5 nitrogen and oxygen atoms in total. The van der Waals surface area contributed by atoms with Crippen molar-refractivity contribution in [3.63, 3.8) is 0 Å². The lowest BCUT2D eigenvalue weighted by atomic mass is 10.1. The Bertz CT molecular complexity index is 656. The normalized spacial score (nSPS) is 10.9. The van der Waals surface area contributed by atoms with Crippen LogP contribution in [0, 0.1) is 0 Å². The summed E-state index contributed by atoms with van der Waals surface area (Å²) in [5, 5.41) is 8.20. The standard InChI is InChI=1S/C13H13N5/c14-7-6-10-2-4-11(5-3-10)12-16-17-13-15-8-1-9-18(12)13/h1-5,8-9H,6-7,14H2. The van der Waals surface area contributed by atoms with Gasteiger partial charge in [-0.3, -0.25) is 4.40 Å². The van der Waals surface area contributed by atoms with Gasteiger partial charge in [0.15, 0.2) is 5.82 Å². The fourth-order valence-corrected chi connectivity index (χ4v) is 1.93. The van der Waals surface area contributed by atoms with Crippen LogP contribution in [0.25, 0.3) is 17.2 Å². The average molecular weight is 239 g/mol.